The highest BCUT2D eigenvalue weighted by atomic mass is 32.2. The van der Waals surface area contributed by atoms with Crippen LogP contribution in [0, 0.1) is 0 Å². The van der Waals surface area contributed by atoms with Crippen molar-refractivity contribution in [1.82, 2.24) is 5.32 Å². The van der Waals surface area contributed by atoms with Gasteiger partial charge in [0.05, 0.1) is 0 Å². The first kappa shape index (κ1) is 11.7. The maximum Gasteiger partial charge on any atom is 0.0194 e. The maximum atomic E-state index is 3.77. The lowest BCUT2D eigenvalue weighted by Gasteiger charge is -2.23. The summed E-state index contributed by atoms with van der Waals surface area (Å²) in [5.41, 5.74) is 0. The Hall–Kier alpha value is 0.660. The van der Waals surface area contributed by atoms with Crippen LogP contribution in [0.1, 0.15) is 26.7 Å². The molecule has 13 heavy (non-hydrogen) atoms. The van der Waals surface area contributed by atoms with Crippen LogP contribution in [-0.2, 0) is 0 Å². The molecule has 0 spiro atoms. The van der Waals surface area contributed by atoms with Gasteiger partial charge < -0.3 is 5.32 Å². The zero-order valence-corrected chi connectivity index (χ0v) is 10.5. The second-order valence-corrected chi connectivity index (χ2v) is 6.09. The molecule has 3 unspecified atom stereocenters. The molecule has 0 bridgehead atoms. The summed E-state index contributed by atoms with van der Waals surface area (Å²) in [7, 11) is 0. The van der Waals surface area contributed by atoms with E-state index in [-0.39, 0.29) is 0 Å². The third-order valence-electron chi connectivity index (χ3n) is 2.69. The van der Waals surface area contributed by atoms with Crippen molar-refractivity contribution < 1.29 is 0 Å². The summed E-state index contributed by atoms with van der Waals surface area (Å²) in [5, 5.41) is 4.59. The largest absolute Gasteiger partial charge is 0.309 e. The fourth-order valence-corrected chi connectivity index (χ4v) is 3.68. The van der Waals surface area contributed by atoms with Gasteiger partial charge in [0.15, 0.2) is 0 Å². The van der Waals surface area contributed by atoms with E-state index < -0.39 is 0 Å². The van der Waals surface area contributed by atoms with E-state index in [1.165, 1.54) is 24.3 Å². The van der Waals surface area contributed by atoms with Crippen LogP contribution in [0.15, 0.2) is 0 Å². The van der Waals surface area contributed by atoms with E-state index >= 15 is 0 Å². The van der Waals surface area contributed by atoms with E-state index in [0.29, 0.717) is 0 Å². The quantitative estimate of drug-likeness (QED) is 0.763. The lowest BCUT2D eigenvalue weighted by molar-refractivity contribution is 0.440. The number of thioether (sulfide) groups is 2. The van der Waals surface area contributed by atoms with E-state index in [2.05, 4.69) is 37.2 Å². The van der Waals surface area contributed by atoms with E-state index in [4.69, 9.17) is 0 Å². The zero-order chi connectivity index (χ0) is 9.68. The average Bonchev–Trinajstić information content (AvgIpc) is 2.51. The van der Waals surface area contributed by atoms with Gasteiger partial charge in [0.1, 0.15) is 0 Å². The first-order valence-corrected chi connectivity index (χ1v) is 7.58. The van der Waals surface area contributed by atoms with Gasteiger partial charge in [-0.05, 0) is 24.9 Å². The molecular formula is C10H21NS2. The molecule has 0 saturated carbocycles. The normalized spacial score (nSPS) is 30.7. The average molecular weight is 219 g/mol. The Morgan fingerprint density at radius 3 is 2.85 bits per heavy atom. The second kappa shape index (κ2) is 6.20. The van der Waals surface area contributed by atoms with Crippen molar-refractivity contribution in [3.63, 3.8) is 0 Å². The fraction of sp³-hybridized carbons (Fsp3) is 1.00. The molecule has 1 rings (SSSR count). The van der Waals surface area contributed by atoms with E-state index in [9.17, 15) is 0 Å². The minimum absolute atomic E-state index is 0.723. The van der Waals surface area contributed by atoms with Crippen molar-refractivity contribution in [1.29, 1.82) is 0 Å². The summed E-state index contributed by atoms with van der Waals surface area (Å²) < 4.78 is 0. The monoisotopic (exact) mass is 219 g/mol. The molecule has 3 atom stereocenters. The Morgan fingerprint density at radius 1 is 1.62 bits per heavy atom. The molecule has 1 saturated heterocycles. The summed E-state index contributed by atoms with van der Waals surface area (Å²) in [4.78, 5) is 0. The number of nitrogens with one attached hydrogen (secondary N) is 1. The van der Waals surface area contributed by atoms with Crippen molar-refractivity contribution in [3.05, 3.63) is 0 Å². The molecule has 0 amide bonds. The molecule has 0 radical (unpaired) electrons. The van der Waals surface area contributed by atoms with Crippen LogP contribution < -0.4 is 5.32 Å². The van der Waals surface area contributed by atoms with Crippen LogP contribution in [0.25, 0.3) is 0 Å². The van der Waals surface area contributed by atoms with Gasteiger partial charge >= 0.3 is 0 Å². The molecule has 1 nitrogen and oxygen atoms in total. The summed E-state index contributed by atoms with van der Waals surface area (Å²) in [6, 6.07) is 1.49. The Labute approximate surface area is 90.8 Å². The molecule has 0 aromatic rings. The predicted molar refractivity (Wildman–Crippen MR) is 65.9 cm³/mol. The van der Waals surface area contributed by atoms with Crippen molar-refractivity contribution in [2.24, 2.45) is 0 Å². The van der Waals surface area contributed by atoms with E-state index in [1.54, 1.807) is 0 Å². The van der Waals surface area contributed by atoms with Gasteiger partial charge in [0.2, 0.25) is 0 Å². The van der Waals surface area contributed by atoms with Gasteiger partial charge in [0.25, 0.3) is 0 Å². The predicted octanol–water partition coefficient (Wildman–Crippen LogP) is 2.61. The first-order valence-electron chi connectivity index (χ1n) is 5.14. The van der Waals surface area contributed by atoms with Crippen molar-refractivity contribution in [2.45, 2.75) is 44.0 Å². The molecule has 78 valence electrons. The van der Waals surface area contributed by atoms with Crippen molar-refractivity contribution in [2.75, 3.05) is 17.8 Å². The molecular weight excluding hydrogens is 198 g/mol. The van der Waals surface area contributed by atoms with Gasteiger partial charge in [-0.3, -0.25) is 0 Å². The number of hydrogen-bond acceptors (Lipinski definition) is 3. The van der Waals surface area contributed by atoms with Gasteiger partial charge in [-0.2, -0.15) is 23.5 Å². The first-order chi connectivity index (χ1) is 6.27. The molecule has 0 aliphatic carbocycles. The van der Waals surface area contributed by atoms with Gasteiger partial charge in [-0.1, -0.05) is 13.8 Å². The summed E-state index contributed by atoms with van der Waals surface area (Å²) in [5.74, 6) is 2.60. The standard InChI is InChI=1S/C10H21NS2/c1-4-9(7-12-3)11-10-5-6-13-8(10)2/h8-11H,4-7H2,1-3H3. The minimum Gasteiger partial charge on any atom is -0.309 e. The van der Waals surface area contributed by atoms with Crippen LogP contribution in [0.5, 0.6) is 0 Å². The summed E-state index contributed by atoms with van der Waals surface area (Å²) in [6.07, 6.45) is 4.81. The number of hydrogen-bond donors (Lipinski definition) is 1. The van der Waals surface area contributed by atoms with Crippen molar-refractivity contribution in [3.8, 4) is 0 Å². The lowest BCUT2D eigenvalue weighted by atomic mass is 10.1. The van der Waals surface area contributed by atoms with Crippen LogP contribution in [0.2, 0.25) is 0 Å². The van der Waals surface area contributed by atoms with E-state index in [0.717, 1.165) is 17.3 Å². The topological polar surface area (TPSA) is 12.0 Å². The van der Waals surface area contributed by atoms with Crippen LogP contribution >= 0.6 is 23.5 Å². The molecule has 1 N–H and O–H groups in total. The summed E-state index contributed by atoms with van der Waals surface area (Å²) in [6.45, 7) is 4.63. The highest BCUT2D eigenvalue weighted by Crippen LogP contribution is 2.26. The molecule has 0 aromatic carbocycles. The smallest absolute Gasteiger partial charge is 0.0194 e. The Balaban J connectivity index is 2.27. The molecule has 3 heteroatoms. The third kappa shape index (κ3) is 3.72. The lowest BCUT2D eigenvalue weighted by Crippen LogP contribution is -2.42. The van der Waals surface area contributed by atoms with Crippen LogP contribution in [0.3, 0.4) is 0 Å². The Bertz CT molecular complexity index is 141. The Kier molecular flexibility index (Phi) is 5.60. The van der Waals surface area contributed by atoms with Crippen LogP contribution in [-0.4, -0.2) is 35.1 Å². The van der Waals surface area contributed by atoms with Gasteiger partial charge in [0, 0.05) is 23.1 Å². The third-order valence-corrected chi connectivity index (χ3v) is 4.75. The van der Waals surface area contributed by atoms with Crippen LogP contribution in [0.4, 0.5) is 0 Å². The second-order valence-electron chi connectivity index (χ2n) is 3.70. The summed E-state index contributed by atoms with van der Waals surface area (Å²) >= 11 is 4.06. The Morgan fingerprint density at radius 2 is 2.38 bits per heavy atom. The maximum absolute atomic E-state index is 3.77. The van der Waals surface area contributed by atoms with Crippen molar-refractivity contribution >= 4 is 23.5 Å². The molecule has 1 aliphatic rings. The molecule has 0 aromatic heterocycles. The SMILES string of the molecule is CCC(CSC)NC1CCSC1C. The minimum atomic E-state index is 0.723. The van der Waals surface area contributed by atoms with Gasteiger partial charge in [-0.25, -0.2) is 0 Å². The highest BCUT2D eigenvalue weighted by molar-refractivity contribution is 8.00. The molecule has 1 aliphatic heterocycles. The highest BCUT2D eigenvalue weighted by Gasteiger charge is 2.25. The molecule has 1 heterocycles. The fourth-order valence-electron chi connectivity index (χ4n) is 1.74. The van der Waals surface area contributed by atoms with Gasteiger partial charge in [-0.15, -0.1) is 0 Å². The van der Waals surface area contributed by atoms with E-state index in [1.807, 2.05) is 11.8 Å². The zero-order valence-electron chi connectivity index (χ0n) is 8.88. The molecule has 1 fully saturated rings. The number of rotatable bonds is 5.